The lowest BCUT2D eigenvalue weighted by molar-refractivity contribution is 0.478. The summed E-state index contributed by atoms with van der Waals surface area (Å²) in [7, 11) is 0. The second-order valence-corrected chi connectivity index (χ2v) is 9.32. The van der Waals surface area contributed by atoms with Crippen molar-refractivity contribution in [3.63, 3.8) is 0 Å². The van der Waals surface area contributed by atoms with E-state index in [-0.39, 0.29) is 0 Å². The number of aryl methyl sites for hydroxylation is 2. The predicted molar refractivity (Wildman–Crippen MR) is 134 cm³/mol. The van der Waals surface area contributed by atoms with Crippen LogP contribution in [0, 0.1) is 13.8 Å². The van der Waals surface area contributed by atoms with Gasteiger partial charge in [0.15, 0.2) is 0 Å². The van der Waals surface area contributed by atoms with Crippen LogP contribution in [0.3, 0.4) is 0 Å². The summed E-state index contributed by atoms with van der Waals surface area (Å²) >= 11 is 6.97. The summed E-state index contributed by atoms with van der Waals surface area (Å²) in [6, 6.07) is 28.6. The summed E-state index contributed by atoms with van der Waals surface area (Å²) in [5.74, 6) is 3.41. The fraction of sp³-hybridized carbons (Fsp3) is 0.111. The Kier molecular flexibility index (Phi) is 6.79. The minimum Gasteiger partial charge on any atom is -0.457 e. The largest absolute Gasteiger partial charge is 0.457 e. The van der Waals surface area contributed by atoms with Crippen LogP contribution in [-0.4, -0.2) is 0 Å². The highest BCUT2D eigenvalue weighted by Gasteiger charge is 2.05. The monoisotopic (exact) mass is 536 g/mol. The van der Waals surface area contributed by atoms with Gasteiger partial charge in [0, 0.05) is 8.95 Å². The molecule has 0 radical (unpaired) electrons. The minimum absolute atomic E-state index is 0.836. The van der Waals surface area contributed by atoms with E-state index >= 15 is 0 Å². The number of hydrogen-bond donors (Lipinski definition) is 0. The Labute approximate surface area is 200 Å². The molecule has 4 rings (SSSR count). The molecule has 0 atom stereocenters. The molecule has 0 unspecified atom stereocenters. The van der Waals surface area contributed by atoms with Crippen molar-refractivity contribution in [3.05, 3.63) is 116 Å². The van der Waals surface area contributed by atoms with Gasteiger partial charge in [-0.25, -0.2) is 0 Å². The van der Waals surface area contributed by atoms with Crippen LogP contribution in [0.25, 0.3) is 0 Å². The molecule has 0 aliphatic carbocycles. The van der Waals surface area contributed by atoms with Crippen molar-refractivity contribution in [1.82, 2.24) is 0 Å². The fourth-order valence-electron chi connectivity index (χ4n) is 3.29. The zero-order valence-electron chi connectivity index (χ0n) is 17.4. The lowest BCUT2D eigenvalue weighted by atomic mass is 10.0. The molecule has 0 spiro atoms. The second-order valence-electron chi connectivity index (χ2n) is 7.49. The van der Waals surface area contributed by atoms with E-state index in [0.717, 1.165) is 49.5 Å². The smallest absolute Gasteiger partial charge is 0.130 e. The summed E-state index contributed by atoms with van der Waals surface area (Å²) in [5.41, 5.74) is 4.66. The maximum absolute atomic E-state index is 6.02. The van der Waals surface area contributed by atoms with Gasteiger partial charge in [0.1, 0.15) is 23.0 Å². The van der Waals surface area contributed by atoms with Crippen molar-refractivity contribution in [1.29, 1.82) is 0 Å². The average molecular weight is 538 g/mol. The van der Waals surface area contributed by atoms with Crippen LogP contribution in [0.4, 0.5) is 0 Å². The third-order valence-corrected chi connectivity index (χ3v) is 5.97. The van der Waals surface area contributed by atoms with Crippen LogP contribution < -0.4 is 9.47 Å². The first kappa shape index (κ1) is 21.7. The van der Waals surface area contributed by atoms with Crippen molar-refractivity contribution in [3.8, 4) is 23.0 Å². The van der Waals surface area contributed by atoms with Gasteiger partial charge >= 0.3 is 0 Å². The Morgan fingerprint density at radius 2 is 0.935 bits per heavy atom. The van der Waals surface area contributed by atoms with Gasteiger partial charge in [-0.2, -0.15) is 0 Å². The Hall–Kier alpha value is -2.56. The number of rotatable bonds is 6. The first-order valence-corrected chi connectivity index (χ1v) is 11.6. The highest BCUT2D eigenvalue weighted by atomic mass is 79.9. The molecular weight excluding hydrogens is 516 g/mol. The van der Waals surface area contributed by atoms with Crippen molar-refractivity contribution in [2.45, 2.75) is 20.3 Å². The molecular formula is C27H22Br2O2. The molecule has 156 valence electrons. The molecule has 31 heavy (non-hydrogen) atoms. The maximum Gasteiger partial charge on any atom is 0.130 e. The lowest BCUT2D eigenvalue weighted by Gasteiger charge is -2.11. The van der Waals surface area contributed by atoms with Crippen molar-refractivity contribution in [2.75, 3.05) is 0 Å². The highest BCUT2D eigenvalue weighted by Crippen LogP contribution is 2.29. The molecule has 0 aromatic heterocycles. The van der Waals surface area contributed by atoms with Crippen molar-refractivity contribution in [2.24, 2.45) is 0 Å². The zero-order valence-corrected chi connectivity index (χ0v) is 20.5. The first-order valence-electron chi connectivity index (χ1n) is 10.0. The lowest BCUT2D eigenvalue weighted by Crippen LogP contribution is -1.91. The zero-order chi connectivity index (χ0) is 21.8. The Balaban J connectivity index is 1.39. The SMILES string of the molecule is Cc1cc(Br)ccc1Oc1ccc(Cc2ccc(Oc3ccc(Br)cc3C)cc2)cc1. The van der Waals surface area contributed by atoms with E-state index in [2.05, 4.69) is 68.3 Å². The van der Waals surface area contributed by atoms with Crippen molar-refractivity contribution >= 4 is 31.9 Å². The van der Waals surface area contributed by atoms with Crippen LogP contribution in [0.1, 0.15) is 22.3 Å². The Bertz CT molecular complexity index is 1090. The fourth-order valence-corrected chi connectivity index (χ4v) is 4.25. The number of halogens is 2. The van der Waals surface area contributed by atoms with Crippen LogP contribution >= 0.6 is 31.9 Å². The summed E-state index contributed by atoms with van der Waals surface area (Å²) < 4.78 is 14.1. The Morgan fingerprint density at radius 1 is 0.548 bits per heavy atom. The van der Waals surface area contributed by atoms with Crippen LogP contribution in [0.15, 0.2) is 93.9 Å². The Morgan fingerprint density at radius 3 is 1.29 bits per heavy atom. The van der Waals surface area contributed by atoms with Gasteiger partial charge in [-0.3, -0.25) is 0 Å². The van der Waals surface area contributed by atoms with Gasteiger partial charge in [0.2, 0.25) is 0 Å². The van der Waals surface area contributed by atoms with Crippen LogP contribution in [0.5, 0.6) is 23.0 Å². The van der Waals surface area contributed by atoms with E-state index in [9.17, 15) is 0 Å². The first-order chi connectivity index (χ1) is 15.0. The van der Waals surface area contributed by atoms with Gasteiger partial charge in [0.25, 0.3) is 0 Å². The standard InChI is InChI=1S/C27H22Br2O2/c1-18-15-22(28)7-13-26(18)30-24-9-3-20(4-10-24)17-21-5-11-25(12-6-21)31-27-14-8-23(29)16-19(27)2/h3-16H,17H2,1-2H3. The molecule has 0 bridgehead atoms. The third kappa shape index (κ3) is 5.78. The number of ether oxygens (including phenoxy) is 2. The van der Waals surface area contributed by atoms with Gasteiger partial charge in [0.05, 0.1) is 0 Å². The molecule has 0 N–H and O–H groups in total. The van der Waals surface area contributed by atoms with E-state index in [4.69, 9.17) is 9.47 Å². The average Bonchev–Trinajstić information content (AvgIpc) is 2.75. The molecule has 0 heterocycles. The van der Waals surface area contributed by atoms with E-state index in [1.807, 2.05) is 62.4 Å². The van der Waals surface area contributed by atoms with Gasteiger partial charge in [-0.15, -0.1) is 0 Å². The maximum atomic E-state index is 6.02. The molecule has 0 saturated heterocycles. The summed E-state index contributed by atoms with van der Waals surface area (Å²) in [6.07, 6.45) is 0.856. The van der Waals surface area contributed by atoms with E-state index in [1.165, 1.54) is 11.1 Å². The number of hydrogen-bond acceptors (Lipinski definition) is 2. The topological polar surface area (TPSA) is 18.5 Å². The third-order valence-electron chi connectivity index (χ3n) is 4.98. The molecule has 2 nitrogen and oxygen atoms in total. The normalized spacial score (nSPS) is 10.7. The number of benzene rings is 4. The van der Waals surface area contributed by atoms with Crippen LogP contribution in [-0.2, 0) is 6.42 Å². The van der Waals surface area contributed by atoms with Gasteiger partial charge < -0.3 is 9.47 Å². The second kappa shape index (κ2) is 9.71. The van der Waals surface area contributed by atoms with Crippen molar-refractivity contribution < 1.29 is 9.47 Å². The van der Waals surface area contributed by atoms with E-state index < -0.39 is 0 Å². The molecule has 4 aromatic carbocycles. The van der Waals surface area contributed by atoms with Gasteiger partial charge in [-0.05, 0) is 103 Å². The predicted octanol–water partition coefficient (Wildman–Crippen LogP) is 9.00. The molecule has 4 aromatic rings. The summed E-state index contributed by atoms with van der Waals surface area (Å²) in [5, 5.41) is 0. The molecule has 0 aliphatic heterocycles. The molecule has 4 heteroatoms. The highest BCUT2D eigenvalue weighted by molar-refractivity contribution is 9.10. The summed E-state index contributed by atoms with van der Waals surface area (Å²) in [6.45, 7) is 4.08. The van der Waals surface area contributed by atoms with E-state index in [0.29, 0.717) is 0 Å². The molecule has 0 fully saturated rings. The van der Waals surface area contributed by atoms with Gasteiger partial charge in [-0.1, -0.05) is 56.1 Å². The minimum atomic E-state index is 0.836. The van der Waals surface area contributed by atoms with E-state index in [1.54, 1.807) is 0 Å². The van der Waals surface area contributed by atoms with Crippen LogP contribution in [0.2, 0.25) is 0 Å². The molecule has 0 amide bonds. The molecule has 0 saturated carbocycles. The summed E-state index contributed by atoms with van der Waals surface area (Å²) in [4.78, 5) is 0. The quantitative estimate of drug-likeness (QED) is 0.244. The molecule has 0 aliphatic rings.